The number of nitrogens with zero attached hydrogens (tertiary/aromatic N) is 1. The second-order valence-corrected chi connectivity index (χ2v) is 2.96. The van der Waals surface area contributed by atoms with E-state index in [4.69, 9.17) is 10.8 Å². The predicted molar refractivity (Wildman–Crippen MR) is 51.3 cm³/mol. The normalized spacial score (nSPS) is 15.0. The Morgan fingerprint density at radius 2 is 2.36 bits per heavy atom. The van der Waals surface area contributed by atoms with E-state index in [-0.39, 0.29) is 0 Å². The number of rotatable bonds is 5. The van der Waals surface area contributed by atoms with Gasteiger partial charge in [0.1, 0.15) is 0 Å². The molecule has 0 amide bonds. The molecule has 0 aromatic rings. The Morgan fingerprint density at radius 3 is 2.82 bits per heavy atom. The summed E-state index contributed by atoms with van der Waals surface area (Å²) in [6.45, 7) is 2.09. The molecule has 11 heavy (non-hydrogen) atoms. The van der Waals surface area contributed by atoms with E-state index in [0.29, 0.717) is 12.4 Å². The van der Waals surface area contributed by atoms with Crippen molar-refractivity contribution in [3.05, 3.63) is 0 Å². The van der Waals surface area contributed by atoms with E-state index in [9.17, 15) is 0 Å². The minimum atomic E-state index is -0.399. The largest absolute Gasteiger partial charge is 0.391 e. The Hall–Kier alpha value is -0.220. The number of hydrogen-bond donors (Lipinski definition) is 3. The van der Waals surface area contributed by atoms with Crippen LogP contribution in [-0.2, 0) is 0 Å². The monoisotopic (exact) mass is 176 g/mol. The van der Waals surface area contributed by atoms with Crippen molar-refractivity contribution in [3.8, 4) is 0 Å². The van der Waals surface area contributed by atoms with Gasteiger partial charge >= 0.3 is 0 Å². The van der Waals surface area contributed by atoms with Gasteiger partial charge in [-0.3, -0.25) is 4.99 Å². The van der Waals surface area contributed by atoms with Crippen LogP contribution in [0, 0.1) is 0 Å². The van der Waals surface area contributed by atoms with E-state index < -0.39 is 6.10 Å². The third kappa shape index (κ3) is 7.68. The summed E-state index contributed by atoms with van der Waals surface area (Å²) < 4.78 is 0. The van der Waals surface area contributed by atoms with Gasteiger partial charge in [-0.05, 0) is 19.1 Å². The molecule has 0 aliphatic carbocycles. The summed E-state index contributed by atoms with van der Waals surface area (Å²) in [4.78, 5) is 3.97. The van der Waals surface area contributed by atoms with Crippen molar-refractivity contribution < 1.29 is 5.11 Å². The highest BCUT2D eigenvalue weighted by molar-refractivity contribution is 7.80. The Morgan fingerprint density at radius 1 is 1.73 bits per heavy atom. The van der Waals surface area contributed by atoms with Crippen molar-refractivity contribution in [2.24, 2.45) is 10.7 Å². The van der Waals surface area contributed by atoms with Gasteiger partial charge in [-0.25, -0.2) is 0 Å². The van der Waals surface area contributed by atoms with Crippen LogP contribution < -0.4 is 5.73 Å². The van der Waals surface area contributed by atoms with Gasteiger partial charge in [-0.15, -0.1) is 0 Å². The molecule has 0 radical (unpaired) electrons. The van der Waals surface area contributed by atoms with Gasteiger partial charge in [-0.2, -0.15) is 12.6 Å². The quantitative estimate of drug-likeness (QED) is 0.323. The summed E-state index contributed by atoms with van der Waals surface area (Å²) in [6.07, 6.45) is 1.32. The molecule has 1 atom stereocenters. The van der Waals surface area contributed by atoms with E-state index in [1.54, 1.807) is 6.92 Å². The summed E-state index contributed by atoms with van der Waals surface area (Å²) in [5.74, 6) is 1.44. The number of hydrogen-bond acceptors (Lipinski definition) is 3. The molecule has 0 heterocycles. The summed E-state index contributed by atoms with van der Waals surface area (Å²) in [5.41, 5.74) is 5.51. The highest BCUT2D eigenvalue weighted by atomic mass is 32.1. The van der Waals surface area contributed by atoms with E-state index in [0.717, 1.165) is 18.6 Å². The van der Waals surface area contributed by atoms with Crippen LogP contribution in [0.3, 0.4) is 0 Å². The second-order valence-electron chi connectivity index (χ2n) is 2.51. The molecular weight excluding hydrogens is 160 g/mol. The van der Waals surface area contributed by atoms with Gasteiger partial charge in [-0.1, -0.05) is 0 Å². The van der Waals surface area contributed by atoms with E-state index in [1.165, 1.54) is 0 Å². The number of aliphatic imine (C=N–C) groups is 1. The van der Waals surface area contributed by atoms with Crippen molar-refractivity contribution in [3.63, 3.8) is 0 Å². The third-order valence-corrected chi connectivity index (χ3v) is 1.47. The third-order valence-electron chi connectivity index (χ3n) is 1.15. The maximum Gasteiger partial charge on any atom is 0.0938 e. The zero-order valence-corrected chi connectivity index (χ0v) is 7.72. The molecule has 0 spiro atoms. The molecule has 66 valence electrons. The number of thiol groups is 1. The SMILES string of the molecule is CC(O)CN=C(N)CCCS. The van der Waals surface area contributed by atoms with Crippen LogP contribution in [0.15, 0.2) is 4.99 Å². The number of aliphatic hydroxyl groups excluding tert-OH is 1. The van der Waals surface area contributed by atoms with Crippen molar-refractivity contribution in [1.29, 1.82) is 0 Å². The Balaban J connectivity index is 3.46. The standard InChI is InChI=1S/C7H16N2OS/c1-6(10)5-9-7(8)3-2-4-11/h6,10-11H,2-5H2,1H3,(H2,8,9). The number of amidine groups is 1. The molecule has 0 saturated carbocycles. The molecule has 3 nitrogen and oxygen atoms in total. The minimum Gasteiger partial charge on any atom is -0.391 e. The van der Waals surface area contributed by atoms with E-state index in [2.05, 4.69) is 17.6 Å². The Bertz CT molecular complexity index is 126. The molecule has 0 aromatic carbocycles. The van der Waals surface area contributed by atoms with Crippen LogP contribution in [-0.4, -0.2) is 29.3 Å². The first-order valence-electron chi connectivity index (χ1n) is 3.74. The van der Waals surface area contributed by atoms with Crippen molar-refractivity contribution in [2.45, 2.75) is 25.9 Å². The van der Waals surface area contributed by atoms with Crippen LogP contribution in [0.2, 0.25) is 0 Å². The molecule has 3 N–H and O–H groups in total. The Labute approximate surface area is 73.1 Å². The van der Waals surface area contributed by atoms with Gasteiger partial charge in [0.15, 0.2) is 0 Å². The van der Waals surface area contributed by atoms with Gasteiger partial charge < -0.3 is 10.8 Å². The average Bonchev–Trinajstić information content (AvgIpc) is 1.97. The summed E-state index contributed by atoms with van der Waals surface area (Å²) in [5, 5.41) is 8.85. The molecule has 0 bridgehead atoms. The molecule has 0 aliphatic rings. The minimum absolute atomic E-state index is 0.399. The van der Waals surface area contributed by atoms with Gasteiger partial charge in [0.2, 0.25) is 0 Å². The van der Waals surface area contributed by atoms with E-state index in [1.807, 2.05) is 0 Å². The zero-order chi connectivity index (χ0) is 8.69. The smallest absolute Gasteiger partial charge is 0.0938 e. The molecule has 0 saturated heterocycles. The lowest BCUT2D eigenvalue weighted by atomic mass is 10.3. The van der Waals surface area contributed by atoms with Crippen LogP contribution in [0.4, 0.5) is 0 Å². The topological polar surface area (TPSA) is 58.6 Å². The number of aliphatic hydroxyl groups is 1. The fraction of sp³-hybridized carbons (Fsp3) is 0.857. The van der Waals surface area contributed by atoms with Crippen LogP contribution >= 0.6 is 12.6 Å². The first kappa shape index (κ1) is 10.8. The van der Waals surface area contributed by atoms with Crippen LogP contribution in [0.1, 0.15) is 19.8 Å². The fourth-order valence-electron chi connectivity index (χ4n) is 0.589. The van der Waals surface area contributed by atoms with Gasteiger partial charge in [0.05, 0.1) is 18.5 Å². The predicted octanol–water partition coefficient (Wildman–Crippen LogP) is 0.434. The average molecular weight is 176 g/mol. The molecular formula is C7H16N2OS. The summed E-state index contributed by atoms with van der Waals surface area (Å²) in [6, 6.07) is 0. The molecule has 0 aromatic heterocycles. The maximum atomic E-state index is 8.85. The summed E-state index contributed by atoms with van der Waals surface area (Å²) in [7, 11) is 0. The highest BCUT2D eigenvalue weighted by Gasteiger charge is 1.94. The summed E-state index contributed by atoms with van der Waals surface area (Å²) >= 11 is 4.04. The second kappa shape index (κ2) is 6.49. The molecule has 0 aliphatic heterocycles. The van der Waals surface area contributed by atoms with Crippen molar-refractivity contribution >= 4 is 18.5 Å². The van der Waals surface area contributed by atoms with Crippen LogP contribution in [0.25, 0.3) is 0 Å². The van der Waals surface area contributed by atoms with Crippen molar-refractivity contribution in [1.82, 2.24) is 0 Å². The fourth-order valence-corrected chi connectivity index (χ4v) is 0.747. The molecule has 0 fully saturated rings. The van der Waals surface area contributed by atoms with Gasteiger partial charge in [0.25, 0.3) is 0 Å². The lowest BCUT2D eigenvalue weighted by molar-refractivity contribution is 0.204. The molecule has 1 unspecified atom stereocenters. The first-order chi connectivity index (χ1) is 5.16. The molecule has 0 rings (SSSR count). The number of nitrogens with two attached hydrogens (primary N) is 1. The lowest BCUT2D eigenvalue weighted by Crippen LogP contribution is -2.15. The maximum absolute atomic E-state index is 8.85. The Kier molecular flexibility index (Phi) is 6.36. The zero-order valence-electron chi connectivity index (χ0n) is 6.82. The van der Waals surface area contributed by atoms with Crippen LogP contribution in [0.5, 0.6) is 0 Å². The highest BCUT2D eigenvalue weighted by Crippen LogP contribution is 1.92. The first-order valence-corrected chi connectivity index (χ1v) is 4.37. The van der Waals surface area contributed by atoms with E-state index >= 15 is 0 Å². The lowest BCUT2D eigenvalue weighted by Gasteiger charge is -2.00. The molecule has 4 heteroatoms. The van der Waals surface area contributed by atoms with Crippen molar-refractivity contribution in [2.75, 3.05) is 12.3 Å². The van der Waals surface area contributed by atoms with Gasteiger partial charge in [0, 0.05) is 6.42 Å².